The molecule has 1 N–H and O–H groups in total. The molecule has 1 aliphatic rings. The summed E-state index contributed by atoms with van der Waals surface area (Å²) in [6, 6.07) is 3.81. The highest BCUT2D eigenvalue weighted by Crippen LogP contribution is 2.46. The van der Waals surface area contributed by atoms with Gasteiger partial charge in [0.25, 0.3) is 0 Å². The van der Waals surface area contributed by atoms with Crippen molar-refractivity contribution in [2.75, 3.05) is 0 Å². The molecule has 0 aliphatic heterocycles. The molecule has 0 spiro atoms. The minimum Gasteiger partial charge on any atom is -0.481 e. The lowest BCUT2D eigenvalue weighted by atomic mass is 9.98. The first-order valence-corrected chi connectivity index (χ1v) is 10.1. The molecule has 1 aliphatic carbocycles. The molecule has 0 saturated heterocycles. The number of hydrogen-bond donors (Lipinski definition) is 1. The second-order valence-electron chi connectivity index (χ2n) is 6.82. The summed E-state index contributed by atoms with van der Waals surface area (Å²) in [5.41, 5.74) is 2.12. The Labute approximate surface area is 150 Å². The molecule has 0 fully saturated rings. The second kappa shape index (κ2) is 7.19. The van der Waals surface area contributed by atoms with E-state index in [9.17, 15) is 9.59 Å². The van der Waals surface area contributed by atoms with Crippen LogP contribution >= 0.6 is 22.7 Å². The third-order valence-electron chi connectivity index (χ3n) is 4.50. The van der Waals surface area contributed by atoms with Gasteiger partial charge in [-0.3, -0.25) is 9.59 Å². The molecule has 0 radical (unpaired) electrons. The highest BCUT2D eigenvalue weighted by molar-refractivity contribution is 7.13. The van der Waals surface area contributed by atoms with E-state index in [4.69, 9.17) is 5.11 Å². The van der Waals surface area contributed by atoms with E-state index in [0.29, 0.717) is 18.3 Å². The summed E-state index contributed by atoms with van der Waals surface area (Å²) in [6.07, 6.45) is 3.67. The maximum absolute atomic E-state index is 13.0. The SMILES string of the molecule is CC(C)Cc1sc2c(c1C(=O)c1cccs1)CCC2CCC(=O)O. The number of rotatable bonds is 7. The van der Waals surface area contributed by atoms with Crippen molar-refractivity contribution in [3.63, 3.8) is 0 Å². The molecular formula is C19H22O3S2. The lowest BCUT2D eigenvalue weighted by Crippen LogP contribution is -2.05. The normalized spacial score (nSPS) is 16.5. The molecule has 2 aromatic rings. The van der Waals surface area contributed by atoms with E-state index < -0.39 is 5.97 Å². The van der Waals surface area contributed by atoms with Gasteiger partial charge in [-0.25, -0.2) is 0 Å². The number of carbonyl (C=O) groups excluding carboxylic acids is 1. The molecule has 0 saturated carbocycles. The minimum absolute atomic E-state index is 0.150. The van der Waals surface area contributed by atoms with E-state index in [2.05, 4.69) is 13.8 Å². The van der Waals surface area contributed by atoms with E-state index in [1.54, 1.807) is 11.3 Å². The van der Waals surface area contributed by atoms with Crippen molar-refractivity contribution in [2.24, 2.45) is 5.92 Å². The number of hydrogen-bond acceptors (Lipinski definition) is 4. The molecule has 3 nitrogen and oxygen atoms in total. The van der Waals surface area contributed by atoms with E-state index in [0.717, 1.165) is 29.7 Å². The highest BCUT2D eigenvalue weighted by Gasteiger charge is 2.33. The first-order valence-electron chi connectivity index (χ1n) is 8.41. The number of carbonyl (C=O) groups is 2. The number of ketones is 1. The van der Waals surface area contributed by atoms with Crippen LogP contribution in [0.25, 0.3) is 0 Å². The predicted octanol–water partition coefficient (Wildman–Crippen LogP) is 5.13. The third-order valence-corrected chi connectivity index (χ3v) is 6.78. The van der Waals surface area contributed by atoms with Crippen LogP contribution in [0.15, 0.2) is 17.5 Å². The Balaban J connectivity index is 1.96. The number of fused-ring (bicyclic) bond motifs is 1. The summed E-state index contributed by atoms with van der Waals surface area (Å²) in [7, 11) is 0. The minimum atomic E-state index is -0.739. The Bertz CT molecular complexity index is 741. The Kier molecular flexibility index (Phi) is 5.21. The van der Waals surface area contributed by atoms with E-state index >= 15 is 0 Å². The van der Waals surface area contributed by atoms with Gasteiger partial charge in [0.2, 0.25) is 5.78 Å². The predicted molar refractivity (Wildman–Crippen MR) is 98.5 cm³/mol. The van der Waals surface area contributed by atoms with Gasteiger partial charge < -0.3 is 5.11 Å². The summed E-state index contributed by atoms with van der Waals surface area (Å²) in [5.74, 6) is 0.211. The number of carboxylic acids is 1. The van der Waals surface area contributed by atoms with Crippen LogP contribution in [-0.2, 0) is 17.6 Å². The van der Waals surface area contributed by atoms with Crippen molar-refractivity contribution in [1.29, 1.82) is 0 Å². The van der Waals surface area contributed by atoms with Crippen molar-refractivity contribution >= 4 is 34.4 Å². The Morgan fingerprint density at radius 3 is 2.79 bits per heavy atom. The number of aliphatic carboxylic acids is 1. The quantitative estimate of drug-likeness (QED) is 0.694. The molecule has 128 valence electrons. The average Bonchev–Trinajstić information content (AvgIpc) is 3.20. The van der Waals surface area contributed by atoms with Gasteiger partial charge in [0.05, 0.1) is 4.88 Å². The summed E-state index contributed by atoms with van der Waals surface area (Å²) in [6.45, 7) is 4.35. The van der Waals surface area contributed by atoms with Crippen molar-refractivity contribution in [2.45, 2.75) is 51.9 Å². The molecule has 0 bridgehead atoms. The molecule has 0 aromatic carbocycles. The van der Waals surface area contributed by atoms with E-state index in [1.165, 1.54) is 26.7 Å². The molecule has 0 amide bonds. The van der Waals surface area contributed by atoms with Crippen molar-refractivity contribution < 1.29 is 14.7 Å². The lowest BCUT2D eigenvalue weighted by molar-refractivity contribution is -0.137. The van der Waals surface area contributed by atoms with Crippen molar-refractivity contribution in [1.82, 2.24) is 0 Å². The highest BCUT2D eigenvalue weighted by atomic mass is 32.1. The van der Waals surface area contributed by atoms with Crippen LogP contribution < -0.4 is 0 Å². The molecule has 2 heterocycles. The molecule has 1 atom stereocenters. The van der Waals surface area contributed by atoms with Gasteiger partial charge in [-0.1, -0.05) is 19.9 Å². The Hall–Kier alpha value is -1.46. The van der Waals surface area contributed by atoms with E-state index in [1.807, 2.05) is 17.5 Å². The van der Waals surface area contributed by atoms with Gasteiger partial charge in [0, 0.05) is 21.7 Å². The smallest absolute Gasteiger partial charge is 0.303 e. The van der Waals surface area contributed by atoms with Gasteiger partial charge in [-0.15, -0.1) is 22.7 Å². The topological polar surface area (TPSA) is 54.4 Å². The zero-order chi connectivity index (χ0) is 17.3. The molecular weight excluding hydrogens is 340 g/mol. The first kappa shape index (κ1) is 17.4. The summed E-state index contributed by atoms with van der Waals surface area (Å²) in [4.78, 5) is 27.2. The summed E-state index contributed by atoms with van der Waals surface area (Å²) < 4.78 is 0. The fraction of sp³-hybridized carbons (Fsp3) is 0.474. The summed E-state index contributed by atoms with van der Waals surface area (Å²) >= 11 is 3.25. The second-order valence-corrected chi connectivity index (χ2v) is 8.90. The van der Waals surface area contributed by atoms with Crippen LogP contribution in [-0.4, -0.2) is 16.9 Å². The van der Waals surface area contributed by atoms with Crippen LogP contribution in [0.3, 0.4) is 0 Å². The van der Waals surface area contributed by atoms with Gasteiger partial charge in [-0.2, -0.15) is 0 Å². The number of carboxylic acid groups (broad SMARTS) is 1. The zero-order valence-electron chi connectivity index (χ0n) is 14.0. The Morgan fingerprint density at radius 1 is 1.38 bits per heavy atom. The standard InChI is InChI=1S/C19H22O3S2/c1-11(2)10-15-17(18(22)14-4-3-9-23-14)13-7-5-12(19(13)24-15)6-8-16(20)21/h3-4,9,11-12H,5-8,10H2,1-2H3,(H,20,21). The monoisotopic (exact) mass is 362 g/mol. The first-order chi connectivity index (χ1) is 11.5. The molecule has 5 heteroatoms. The zero-order valence-corrected chi connectivity index (χ0v) is 15.6. The van der Waals surface area contributed by atoms with Crippen LogP contribution in [0.2, 0.25) is 0 Å². The van der Waals surface area contributed by atoms with Crippen LogP contribution in [0.1, 0.15) is 69.6 Å². The number of thiophene rings is 2. The van der Waals surface area contributed by atoms with Gasteiger partial charge >= 0.3 is 5.97 Å². The van der Waals surface area contributed by atoms with Gasteiger partial charge in [0.1, 0.15) is 0 Å². The maximum atomic E-state index is 13.0. The van der Waals surface area contributed by atoms with Gasteiger partial charge in [-0.05, 0) is 54.5 Å². The van der Waals surface area contributed by atoms with Crippen LogP contribution in [0.5, 0.6) is 0 Å². The Morgan fingerprint density at radius 2 is 2.17 bits per heavy atom. The fourth-order valence-electron chi connectivity index (χ4n) is 3.45. The molecule has 3 rings (SSSR count). The largest absolute Gasteiger partial charge is 0.481 e. The van der Waals surface area contributed by atoms with Crippen molar-refractivity contribution in [3.8, 4) is 0 Å². The summed E-state index contributed by atoms with van der Waals surface area (Å²) in [5, 5.41) is 10.9. The average molecular weight is 363 g/mol. The maximum Gasteiger partial charge on any atom is 0.303 e. The van der Waals surface area contributed by atoms with Crippen LogP contribution in [0.4, 0.5) is 0 Å². The fourth-order valence-corrected chi connectivity index (χ4v) is 5.85. The lowest BCUT2D eigenvalue weighted by Gasteiger charge is -2.08. The van der Waals surface area contributed by atoms with E-state index in [-0.39, 0.29) is 12.2 Å². The third kappa shape index (κ3) is 3.47. The molecule has 1 unspecified atom stereocenters. The van der Waals surface area contributed by atoms with Gasteiger partial charge in [0.15, 0.2) is 0 Å². The van der Waals surface area contributed by atoms with Crippen molar-refractivity contribution in [3.05, 3.63) is 43.3 Å². The van der Waals surface area contributed by atoms with Crippen LogP contribution in [0, 0.1) is 5.92 Å². The molecule has 24 heavy (non-hydrogen) atoms. The molecule has 2 aromatic heterocycles.